The van der Waals surface area contributed by atoms with Gasteiger partial charge in [-0.25, -0.2) is 0 Å². The van der Waals surface area contributed by atoms with E-state index >= 15 is 0 Å². The molecule has 2 N–H and O–H groups in total. The number of hydrogen-bond acceptors (Lipinski definition) is 5. The number of ether oxygens (including phenoxy) is 1. The molecule has 0 bridgehead atoms. The van der Waals surface area contributed by atoms with Crippen LogP contribution in [0.2, 0.25) is 0 Å². The summed E-state index contributed by atoms with van der Waals surface area (Å²) < 4.78 is 4.92. The molecule has 1 heterocycles. The number of carbonyl (C=O) groups is 1. The summed E-state index contributed by atoms with van der Waals surface area (Å²) in [5.74, 6) is -0.494. The maximum atomic E-state index is 11.3. The summed E-state index contributed by atoms with van der Waals surface area (Å²) in [7, 11) is 0. The summed E-state index contributed by atoms with van der Waals surface area (Å²) >= 11 is 5.58. The summed E-state index contributed by atoms with van der Waals surface area (Å²) in [4.78, 5) is 16.2. The van der Waals surface area contributed by atoms with Crippen LogP contribution in [0.3, 0.4) is 0 Å². The molecule has 94 valence electrons. The lowest BCUT2D eigenvalue weighted by molar-refractivity contribution is -0.152. The molecule has 0 aliphatic carbocycles. The predicted molar refractivity (Wildman–Crippen MR) is 63.3 cm³/mol. The van der Waals surface area contributed by atoms with Crippen molar-refractivity contribution in [1.82, 2.24) is 0 Å². The van der Waals surface area contributed by atoms with E-state index in [0.29, 0.717) is 11.6 Å². The molecule has 1 rings (SSSR count). The Hall–Kier alpha value is -0.810. The quantitative estimate of drug-likeness (QED) is 0.773. The summed E-state index contributed by atoms with van der Waals surface area (Å²) in [6, 6.07) is -0.836. The minimum absolute atomic E-state index is 0.189. The zero-order valence-corrected chi connectivity index (χ0v) is 10.8. The molecule has 0 spiro atoms. The second-order valence-electron chi connectivity index (χ2n) is 3.33. The first kappa shape index (κ1) is 15.2. The van der Waals surface area contributed by atoms with Gasteiger partial charge in [0, 0.05) is 6.42 Å². The van der Waals surface area contributed by atoms with Gasteiger partial charge in [0.1, 0.15) is 11.2 Å². The van der Waals surface area contributed by atoms with Crippen LogP contribution in [-0.2, 0) is 14.4 Å². The fourth-order valence-corrected chi connectivity index (χ4v) is 1.21. The Morgan fingerprint density at radius 2 is 2.19 bits per heavy atom. The number of hydrogen-bond donors (Lipinski definition) is 1. The van der Waals surface area contributed by atoms with Crippen molar-refractivity contribution in [1.29, 1.82) is 0 Å². The van der Waals surface area contributed by atoms with Gasteiger partial charge in [-0.3, -0.25) is 4.79 Å². The number of carbonyl (C=O) groups excluding carboxylic acids is 1. The Morgan fingerprint density at radius 1 is 1.62 bits per heavy atom. The van der Waals surface area contributed by atoms with E-state index in [1.807, 2.05) is 13.8 Å². The molecule has 0 saturated carbocycles. The van der Waals surface area contributed by atoms with Crippen molar-refractivity contribution in [3.8, 4) is 0 Å². The van der Waals surface area contributed by atoms with E-state index in [-0.39, 0.29) is 6.10 Å². The smallest absolute Gasteiger partial charge is 0.327 e. The molecule has 0 saturated heterocycles. The fourth-order valence-electron chi connectivity index (χ4n) is 1.02. The van der Waals surface area contributed by atoms with E-state index in [1.165, 1.54) is 0 Å². The second kappa shape index (κ2) is 7.46. The molecule has 5 nitrogen and oxygen atoms in total. The molecule has 1 aliphatic heterocycles. The molecule has 0 aromatic carbocycles. The summed E-state index contributed by atoms with van der Waals surface area (Å²) in [5.41, 5.74) is 5.60. The van der Waals surface area contributed by atoms with Crippen molar-refractivity contribution < 1.29 is 14.4 Å². The molecule has 2 atom stereocenters. The Labute approximate surface area is 101 Å². The molecule has 0 aromatic rings. The van der Waals surface area contributed by atoms with E-state index in [2.05, 4.69) is 5.16 Å². The first-order valence-electron chi connectivity index (χ1n) is 5.35. The molecule has 0 amide bonds. The van der Waals surface area contributed by atoms with Crippen molar-refractivity contribution in [2.45, 2.75) is 52.4 Å². The molecule has 0 aromatic heterocycles. The monoisotopic (exact) mass is 250 g/mol. The summed E-state index contributed by atoms with van der Waals surface area (Å²) in [6.07, 6.45) is -0.337. The zero-order valence-electron chi connectivity index (χ0n) is 10.1. The van der Waals surface area contributed by atoms with Crippen LogP contribution in [0.25, 0.3) is 0 Å². The molecule has 6 heteroatoms. The van der Waals surface area contributed by atoms with E-state index < -0.39 is 18.1 Å². The van der Waals surface area contributed by atoms with E-state index in [4.69, 9.17) is 26.9 Å². The minimum Gasteiger partial charge on any atom is -0.462 e. The lowest BCUT2D eigenvalue weighted by atomic mass is 10.1. The van der Waals surface area contributed by atoms with Crippen LogP contribution in [0, 0.1) is 0 Å². The first-order chi connectivity index (χ1) is 7.50. The molecule has 16 heavy (non-hydrogen) atoms. The highest BCUT2D eigenvalue weighted by molar-refractivity contribution is 6.65. The van der Waals surface area contributed by atoms with E-state index in [1.54, 1.807) is 13.8 Å². The van der Waals surface area contributed by atoms with Crippen molar-refractivity contribution in [2.75, 3.05) is 0 Å². The van der Waals surface area contributed by atoms with Crippen molar-refractivity contribution in [3.05, 3.63) is 0 Å². The van der Waals surface area contributed by atoms with Gasteiger partial charge in [0.2, 0.25) is 0 Å². The van der Waals surface area contributed by atoms with Crippen molar-refractivity contribution in [2.24, 2.45) is 10.9 Å². The van der Waals surface area contributed by atoms with Gasteiger partial charge in [0.25, 0.3) is 0 Å². The second-order valence-corrected chi connectivity index (χ2v) is 3.76. The zero-order chi connectivity index (χ0) is 12.7. The maximum Gasteiger partial charge on any atom is 0.327 e. The number of esters is 1. The summed E-state index contributed by atoms with van der Waals surface area (Å²) in [5, 5.41) is 3.82. The number of oxime groups is 1. The van der Waals surface area contributed by atoms with Crippen LogP contribution < -0.4 is 5.73 Å². The van der Waals surface area contributed by atoms with Gasteiger partial charge in [0.15, 0.2) is 6.10 Å². The average Bonchev–Trinajstić information content (AvgIpc) is 2.65. The third-order valence-corrected chi connectivity index (χ3v) is 1.90. The summed E-state index contributed by atoms with van der Waals surface area (Å²) in [6.45, 7) is 7.51. The van der Waals surface area contributed by atoms with Crippen LogP contribution in [-0.4, -0.2) is 29.4 Å². The Morgan fingerprint density at radius 3 is 2.56 bits per heavy atom. The molecular formula is C10H19ClN2O3. The first-order valence-corrected chi connectivity index (χ1v) is 5.72. The van der Waals surface area contributed by atoms with Crippen LogP contribution >= 0.6 is 11.6 Å². The fraction of sp³-hybridized carbons (Fsp3) is 0.800. The Balaban J connectivity index is 0.00000106. The third-order valence-electron chi connectivity index (χ3n) is 1.68. The standard InChI is InChI=1S/C8H13ClN2O3.C2H6/c1-4(2)13-8(12)7(10)5-3-6(9)11-14-5;1-2/h4-5,7H,3,10H2,1-2H3;1-2H3. The van der Waals surface area contributed by atoms with Crippen LogP contribution in [0.15, 0.2) is 5.16 Å². The lowest BCUT2D eigenvalue weighted by Gasteiger charge is -2.17. The highest BCUT2D eigenvalue weighted by Crippen LogP contribution is 2.16. The predicted octanol–water partition coefficient (Wildman–Crippen LogP) is 1.63. The van der Waals surface area contributed by atoms with Gasteiger partial charge in [-0.15, -0.1) is 0 Å². The van der Waals surface area contributed by atoms with E-state index in [9.17, 15) is 4.79 Å². The topological polar surface area (TPSA) is 73.9 Å². The van der Waals surface area contributed by atoms with Gasteiger partial charge >= 0.3 is 5.97 Å². The van der Waals surface area contributed by atoms with Crippen molar-refractivity contribution >= 4 is 22.7 Å². The van der Waals surface area contributed by atoms with Gasteiger partial charge in [-0.2, -0.15) is 0 Å². The van der Waals surface area contributed by atoms with Crippen LogP contribution in [0.1, 0.15) is 34.1 Å². The Bertz CT molecular complexity index is 256. The molecule has 1 aliphatic rings. The number of nitrogens with zero attached hydrogens (tertiary/aromatic N) is 1. The Kier molecular flexibility index (Phi) is 7.08. The normalized spacial score (nSPS) is 20.4. The number of rotatable bonds is 3. The highest BCUT2D eigenvalue weighted by atomic mass is 35.5. The lowest BCUT2D eigenvalue weighted by Crippen LogP contribution is -2.43. The van der Waals surface area contributed by atoms with Crippen LogP contribution in [0.4, 0.5) is 0 Å². The van der Waals surface area contributed by atoms with E-state index in [0.717, 1.165) is 0 Å². The SMILES string of the molecule is CC.CC(C)OC(=O)C(N)C1CC(Cl)=NO1. The molecule has 0 fully saturated rings. The van der Waals surface area contributed by atoms with Gasteiger partial charge in [-0.05, 0) is 13.8 Å². The minimum atomic E-state index is -0.836. The maximum absolute atomic E-state index is 11.3. The largest absolute Gasteiger partial charge is 0.462 e. The number of nitrogens with two attached hydrogens (primary N) is 1. The van der Waals surface area contributed by atoms with Gasteiger partial charge in [-0.1, -0.05) is 30.6 Å². The van der Waals surface area contributed by atoms with Gasteiger partial charge in [0.05, 0.1) is 6.10 Å². The molecule has 2 unspecified atom stereocenters. The van der Waals surface area contributed by atoms with Crippen LogP contribution in [0.5, 0.6) is 0 Å². The van der Waals surface area contributed by atoms with Crippen molar-refractivity contribution in [3.63, 3.8) is 0 Å². The molecular weight excluding hydrogens is 232 g/mol. The third kappa shape index (κ3) is 4.81. The molecule has 0 radical (unpaired) electrons. The number of halogens is 1. The average molecular weight is 251 g/mol. The van der Waals surface area contributed by atoms with Gasteiger partial charge < -0.3 is 15.3 Å². The highest BCUT2D eigenvalue weighted by Gasteiger charge is 2.32.